The Morgan fingerprint density at radius 2 is 1.75 bits per heavy atom. The minimum atomic E-state index is -0.439. The Kier molecular flexibility index (Phi) is 7.69. The number of carbonyl (C=O) groups is 1. The summed E-state index contributed by atoms with van der Waals surface area (Å²) >= 11 is 6.81. The van der Waals surface area contributed by atoms with Crippen LogP contribution in [0.1, 0.15) is 13.8 Å². The van der Waals surface area contributed by atoms with Gasteiger partial charge in [-0.15, -0.1) is 0 Å². The minimum absolute atomic E-state index is 0.147. The number of hydrogen-bond acceptors (Lipinski definition) is 4. The summed E-state index contributed by atoms with van der Waals surface area (Å²) in [5.41, 5.74) is 0. The van der Waals surface area contributed by atoms with Gasteiger partial charge in [-0.05, 0) is 57.8 Å². The summed E-state index contributed by atoms with van der Waals surface area (Å²) in [5, 5.41) is 0. The van der Waals surface area contributed by atoms with Crippen LogP contribution in [0.15, 0.2) is 39.0 Å². The second-order valence-corrected chi connectivity index (χ2v) is 5.34. The first-order valence-electron chi connectivity index (χ1n) is 6.15. The monoisotopic (exact) mass is 406 g/mol. The fraction of sp³-hybridized carbons (Fsp3) is 0.357. The Morgan fingerprint density at radius 3 is 2.30 bits per heavy atom. The van der Waals surface area contributed by atoms with E-state index in [1.54, 1.807) is 6.92 Å². The lowest BCUT2D eigenvalue weighted by Crippen LogP contribution is -2.09. The number of rotatable bonds is 7. The van der Waals surface area contributed by atoms with E-state index in [0.717, 1.165) is 8.95 Å². The summed E-state index contributed by atoms with van der Waals surface area (Å²) < 4.78 is 17.5. The third-order valence-corrected chi connectivity index (χ3v) is 3.42. The number of esters is 1. The summed E-state index contributed by atoms with van der Waals surface area (Å²) in [6.45, 7) is 4.51. The molecule has 0 amide bonds. The Bertz CT molecular complexity index is 466. The molecule has 110 valence electrons. The summed E-state index contributed by atoms with van der Waals surface area (Å²) in [4.78, 5) is 11.4. The van der Waals surface area contributed by atoms with Gasteiger partial charge in [0.05, 0.1) is 28.2 Å². The van der Waals surface area contributed by atoms with E-state index in [4.69, 9.17) is 14.2 Å². The lowest BCUT2D eigenvalue weighted by Gasteiger charge is -2.13. The highest BCUT2D eigenvalue weighted by atomic mass is 79.9. The molecule has 0 heterocycles. The Hall–Kier alpha value is -1.01. The van der Waals surface area contributed by atoms with E-state index in [2.05, 4.69) is 31.9 Å². The van der Waals surface area contributed by atoms with Gasteiger partial charge >= 0.3 is 5.97 Å². The molecule has 0 aromatic heterocycles. The predicted octanol–water partition coefficient (Wildman–Crippen LogP) is 4.07. The number of ether oxygens (including phenoxy) is 3. The zero-order chi connectivity index (χ0) is 15.0. The normalized spacial score (nSPS) is 11.1. The van der Waals surface area contributed by atoms with Gasteiger partial charge in [0.25, 0.3) is 0 Å². The molecule has 0 aliphatic carbocycles. The molecular weight excluding hydrogens is 392 g/mol. The van der Waals surface area contributed by atoms with Gasteiger partial charge in [0.2, 0.25) is 0 Å². The van der Waals surface area contributed by atoms with Crippen molar-refractivity contribution in [3.8, 4) is 5.75 Å². The molecule has 0 bridgehead atoms. The van der Waals surface area contributed by atoms with Crippen LogP contribution in [-0.2, 0) is 14.3 Å². The maximum atomic E-state index is 11.4. The molecule has 6 heteroatoms. The van der Waals surface area contributed by atoms with Gasteiger partial charge in [-0.2, -0.15) is 0 Å². The zero-order valence-corrected chi connectivity index (χ0v) is 14.5. The van der Waals surface area contributed by atoms with Crippen molar-refractivity contribution >= 4 is 37.8 Å². The maximum Gasteiger partial charge on any atom is 0.334 e. The minimum Gasteiger partial charge on any atom is -0.494 e. The number of para-hydroxylation sites is 1. The average Bonchev–Trinajstić information content (AvgIpc) is 2.38. The molecule has 0 aliphatic heterocycles. The van der Waals surface area contributed by atoms with Crippen LogP contribution in [0.5, 0.6) is 5.75 Å². The Balaban J connectivity index is 2.74. The molecule has 0 N–H and O–H groups in total. The molecule has 0 spiro atoms. The van der Waals surface area contributed by atoms with Crippen molar-refractivity contribution in [3.63, 3.8) is 0 Å². The van der Waals surface area contributed by atoms with Gasteiger partial charge in [0, 0.05) is 0 Å². The van der Waals surface area contributed by atoms with Crippen molar-refractivity contribution in [2.45, 2.75) is 13.8 Å². The number of carbonyl (C=O) groups excluding carboxylic acids is 1. The van der Waals surface area contributed by atoms with Crippen LogP contribution in [0.4, 0.5) is 0 Å². The fourth-order valence-electron chi connectivity index (χ4n) is 1.39. The molecule has 1 aromatic carbocycles. The zero-order valence-electron chi connectivity index (χ0n) is 11.3. The predicted molar refractivity (Wildman–Crippen MR) is 83.7 cm³/mol. The summed E-state index contributed by atoms with van der Waals surface area (Å²) in [6, 6.07) is 5.63. The number of hydrogen-bond donors (Lipinski definition) is 0. The number of benzene rings is 1. The molecule has 0 saturated carbocycles. The highest BCUT2D eigenvalue weighted by Gasteiger charge is 2.09. The van der Waals surface area contributed by atoms with Crippen molar-refractivity contribution in [2.75, 3.05) is 19.8 Å². The van der Waals surface area contributed by atoms with Gasteiger partial charge in [0.15, 0.2) is 0 Å². The van der Waals surface area contributed by atoms with Crippen molar-refractivity contribution < 1.29 is 19.0 Å². The largest absolute Gasteiger partial charge is 0.494 e. The van der Waals surface area contributed by atoms with Gasteiger partial charge in [0.1, 0.15) is 18.1 Å². The van der Waals surface area contributed by atoms with Crippen LogP contribution in [0.3, 0.4) is 0 Å². The second-order valence-electron chi connectivity index (χ2n) is 3.64. The first kappa shape index (κ1) is 17.0. The first-order valence-corrected chi connectivity index (χ1v) is 7.74. The van der Waals surface area contributed by atoms with Crippen molar-refractivity contribution in [1.29, 1.82) is 0 Å². The molecule has 4 nitrogen and oxygen atoms in total. The number of halogens is 2. The summed E-state index contributed by atoms with van der Waals surface area (Å²) in [5.74, 6) is 0.640. The van der Waals surface area contributed by atoms with E-state index in [0.29, 0.717) is 24.7 Å². The lowest BCUT2D eigenvalue weighted by atomic mass is 10.3. The van der Waals surface area contributed by atoms with E-state index in [1.807, 2.05) is 25.1 Å². The SMILES string of the molecule is CCOC(=O)C=C(COc1c(Br)cccc1Br)OCC. The third-order valence-electron chi connectivity index (χ3n) is 2.17. The van der Waals surface area contributed by atoms with Crippen molar-refractivity contribution in [3.05, 3.63) is 39.0 Å². The smallest absolute Gasteiger partial charge is 0.334 e. The van der Waals surface area contributed by atoms with E-state index >= 15 is 0 Å². The van der Waals surface area contributed by atoms with Crippen LogP contribution >= 0.6 is 31.9 Å². The van der Waals surface area contributed by atoms with Gasteiger partial charge in [-0.3, -0.25) is 0 Å². The highest BCUT2D eigenvalue weighted by Crippen LogP contribution is 2.33. The molecule has 1 aromatic rings. The van der Waals surface area contributed by atoms with Gasteiger partial charge in [-0.1, -0.05) is 6.07 Å². The molecule has 0 aliphatic rings. The van der Waals surface area contributed by atoms with Gasteiger partial charge < -0.3 is 14.2 Å². The molecule has 20 heavy (non-hydrogen) atoms. The van der Waals surface area contributed by atoms with E-state index in [-0.39, 0.29) is 6.61 Å². The molecule has 0 saturated heterocycles. The van der Waals surface area contributed by atoms with Crippen LogP contribution in [0.25, 0.3) is 0 Å². The van der Waals surface area contributed by atoms with Crippen LogP contribution < -0.4 is 4.74 Å². The van der Waals surface area contributed by atoms with Crippen LogP contribution in [0.2, 0.25) is 0 Å². The standard InChI is InChI=1S/C14H16Br2O4/c1-3-18-10(8-13(17)19-4-2)9-20-14-11(15)6-5-7-12(14)16/h5-8H,3-4,9H2,1-2H3. The summed E-state index contributed by atoms with van der Waals surface area (Å²) in [6.07, 6.45) is 1.30. The average molecular weight is 408 g/mol. The van der Waals surface area contributed by atoms with E-state index in [1.165, 1.54) is 6.08 Å². The molecule has 0 radical (unpaired) electrons. The molecule has 0 atom stereocenters. The topological polar surface area (TPSA) is 44.8 Å². The van der Waals surface area contributed by atoms with Gasteiger partial charge in [-0.25, -0.2) is 4.79 Å². The second kappa shape index (κ2) is 9.02. The van der Waals surface area contributed by atoms with Crippen molar-refractivity contribution in [2.24, 2.45) is 0 Å². The van der Waals surface area contributed by atoms with Crippen molar-refractivity contribution in [1.82, 2.24) is 0 Å². The molecular formula is C14H16Br2O4. The van der Waals surface area contributed by atoms with E-state index in [9.17, 15) is 4.79 Å². The highest BCUT2D eigenvalue weighted by molar-refractivity contribution is 9.11. The first-order chi connectivity index (χ1) is 9.58. The molecule has 1 rings (SSSR count). The Morgan fingerprint density at radius 1 is 1.15 bits per heavy atom. The van der Waals surface area contributed by atoms with Crippen LogP contribution in [0, 0.1) is 0 Å². The maximum absolute atomic E-state index is 11.4. The van der Waals surface area contributed by atoms with Crippen LogP contribution in [-0.4, -0.2) is 25.8 Å². The quantitative estimate of drug-likeness (QED) is 0.388. The third kappa shape index (κ3) is 5.54. The Labute approximate surface area is 135 Å². The summed E-state index contributed by atoms with van der Waals surface area (Å²) in [7, 11) is 0. The lowest BCUT2D eigenvalue weighted by molar-refractivity contribution is -0.137. The molecule has 0 fully saturated rings. The fourth-order valence-corrected chi connectivity index (χ4v) is 2.62. The molecule has 0 unspecified atom stereocenters. The van der Waals surface area contributed by atoms with E-state index < -0.39 is 5.97 Å².